The largest absolute Gasteiger partial charge is 0.330 e. The molecule has 4 amide bonds. The zero-order chi connectivity index (χ0) is 25.2. The maximum absolute atomic E-state index is 13.5. The van der Waals surface area contributed by atoms with Crippen molar-refractivity contribution < 1.29 is 19.2 Å². The molecule has 8 nitrogen and oxygen atoms in total. The van der Waals surface area contributed by atoms with E-state index in [0.717, 1.165) is 42.7 Å². The van der Waals surface area contributed by atoms with Gasteiger partial charge in [0.25, 0.3) is 11.8 Å². The standard InChI is InChI=1S/C28H32N4O4/c29-16-20(15-18-7-2-1-3-8-18)22-11-4-5-14-31(22)17-19-9-6-10-21-25(19)28(36)32(27(21)35)23-12-13-24(33)30-26(23)34/h1-3,6-10,20,22-23H,4-5,11-17,29H2,(H,30,33,34). The Balaban J connectivity index is 1.39. The molecular weight excluding hydrogens is 456 g/mol. The van der Waals surface area contributed by atoms with E-state index < -0.39 is 23.8 Å². The molecule has 0 aliphatic carbocycles. The highest BCUT2D eigenvalue weighted by atomic mass is 16.2. The van der Waals surface area contributed by atoms with Crippen LogP contribution in [0.25, 0.3) is 0 Å². The first-order chi connectivity index (χ1) is 17.5. The first-order valence-electron chi connectivity index (χ1n) is 12.8. The smallest absolute Gasteiger partial charge is 0.262 e. The quantitative estimate of drug-likeness (QED) is 0.578. The highest BCUT2D eigenvalue weighted by Crippen LogP contribution is 2.33. The topological polar surface area (TPSA) is 113 Å². The van der Waals surface area contributed by atoms with Crippen LogP contribution in [0.3, 0.4) is 0 Å². The van der Waals surface area contributed by atoms with E-state index in [1.165, 1.54) is 5.56 Å². The minimum atomic E-state index is -0.960. The molecule has 2 saturated heterocycles. The zero-order valence-electron chi connectivity index (χ0n) is 20.3. The number of nitrogens with one attached hydrogen (secondary N) is 1. The normalized spacial score (nSPS) is 23.5. The molecule has 2 fully saturated rings. The number of hydrogen-bond donors (Lipinski definition) is 2. The lowest BCUT2D eigenvalue weighted by Crippen LogP contribution is -2.54. The van der Waals surface area contributed by atoms with Crippen LogP contribution in [0.5, 0.6) is 0 Å². The molecule has 3 atom stereocenters. The summed E-state index contributed by atoms with van der Waals surface area (Å²) in [4.78, 5) is 54.2. The summed E-state index contributed by atoms with van der Waals surface area (Å²) in [7, 11) is 0. The van der Waals surface area contributed by atoms with Crippen molar-refractivity contribution in [3.8, 4) is 0 Å². The molecule has 3 aliphatic heterocycles. The van der Waals surface area contributed by atoms with E-state index in [1.54, 1.807) is 12.1 Å². The second-order valence-electron chi connectivity index (χ2n) is 10.0. The van der Waals surface area contributed by atoms with Gasteiger partial charge in [-0.25, -0.2) is 0 Å². The van der Waals surface area contributed by atoms with Crippen molar-refractivity contribution in [2.45, 2.75) is 57.2 Å². The lowest BCUT2D eigenvalue weighted by Gasteiger charge is -2.40. The number of fused-ring (bicyclic) bond motifs is 1. The van der Waals surface area contributed by atoms with Crippen LogP contribution in [0.1, 0.15) is 63.9 Å². The van der Waals surface area contributed by atoms with E-state index in [9.17, 15) is 19.2 Å². The predicted octanol–water partition coefficient (Wildman–Crippen LogP) is 2.26. The SMILES string of the molecule is NCC(Cc1ccccc1)C1CCCCN1Cc1cccc2c1C(=O)N(C1CCC(=O)NC1=O)C2=O. The van der Waals surface area contributed by atoms with Gasteiger partial charge in [-0.2, -0.15) is 0 Å². The van der Waals surface area contributed by atoms with Crippen LogP contribution in [0.2, 0.25) is 0 Å². The number of benzene rings is 2. The minimum absolute atomic E-state index is 0.105. The van der Waals surface area contributed by atoms with Crippen LogP contribution in [0.4, 0.5) is 0 Å². The molecule has 2 aromatic carbocycles. The summed E-state index contributed by atoms with van der Waals surface area (Å²) in [6.07, 6.45) is 4.40. The molecule has 0 spiro atoms. The van der Waals surface area contributed by atoms with Gasteiger partial charge in [0, 0.05) is 19.0 Å². The maximum Gasteiger partial charge on any atom is 0.262 e. The number of nitrogens with zero attached hydrogens (tertiary/aromatic N) is 2. The van der Waals surface area contributed by atoms with Crippen molar-refractivity contribution in [2.24, 2.45) is 11.7 Å². The summed E-state index contributed by atoms with van der Waals surface area (Å²) < 4.78 is 0. The van der Waals surface area contributed by atoms with E-state index >= 15 is 0 Å². The van der Waals surface area contributed by atoms with Crippen molar-refractivity contribution in [3.63, 3.8) is 0 Å². The van der Waals surface area contributed by atoms with Crippen LogP contribution in [0.15, 0.2) is 48.5 Å². The Labute approximate surface area is 210 Å². The van der Waals surface area contributed by atoms with Gasteiger partial charge in [0.15, 0.2) is 0 Å². The summed E-state index contributed by atoms with van der Waals surface area (Å²) in [6, 6.07) is 15.0. The van der Waals surface area contributed by atoms with Gasteiger partial charge < -0.3 is 5.73 Å². The van der Waals surface area contributed by atoms with Crippen molar-refractivity contribution >= 4 is 23.6 Å². The predicted molar refractivity (Wildman–Crippen MR) is 134 cm³/mol. The zero-order valence-corrected chi connectivity index (χ0v) is 20.3. The molecule has 5 rings (SSSR count). The number of nitrogens with two attached hydrogens (primary N) is 1. The average Bonchev–Trinajstić information content (AvgIpc) is 3.14. The molecule has 3 aliphatic rings. The fourth-order valence-electron chi connectivity index (χ4n) is 5.98. The van der Waals surface area contributed by atoms with Gasteiger partial charge in [0.05, 0.1) is 11.1 Å². The van der Waals surface area contributed by atoms with Gasteiger partial charge in [-0.1, -0.05) is 48.9 Å². The highest BCUT2D eigenvalue weighted by Gasteiger charge is 2.45. The molecule has 0 radical (unpaired) electrons. The van der Waals surface area contributed by atoms with Crippen LogP contribution >= 0.6 is 0 Å². The number of carbonyl (C=O) groups excluding carboxylic acids is 4. The van der Waals surface area contributed by atoms with Gasteiger partial charge in [0.2, 0.25) is 11.8 Å². The Bertz CT molecular complexity index is 1180. The Hall–Kier alpha value is -3.36. The first kappa shape index (κ1) is 24.3. The summed E-state index contributed by atoms with van der Waals surface area (Å²) >= 11 is 0. The Morgan fingerprint density at radius 2 is 1.75 bits per heavy atom. The van der Waals surface area contributed by atoms with E-state index in [0.29, 0.717) is 24.2 Å². The molecule has 0 aromatic heterocycles. The second-order valence-corrected chi connectivity index (χ2v) is 10.0. The van der Waals surface area contributed by atoms with Crippen LogP contribution in [0, 0.1) is 5.92 Å². The number of amides is 4. The van der Waals surface area contributed by atoms with E-state index in [2.05, 4.69) is 22.3 Å². The van der Waals surface area contributed by atoms with Crippen molar-refractivity contribution in [2.75, 3.05) is 13.1 Å². The molecule has 36 heavy (non-hydrogen) atoms. The molecule has 8 heteroatoms. The highest BCUT2D eigenvalue weighted by molar-refractivity contribution is 6.24. The van der Waals surface area contributed by atoms with Gasteiger partial charge in [-0.05, 0) is 61.9 Å². The number of hydrogen-bond acceptors (Lipinski definition) is 6. The van der Waals surface area contributed by atoms with Crippen molar-refractivity contribution in [1.82, 2.24) is 15.1 Å². The number of piperidine rings is 2. The monoisotopic (exact) mass is 488 g/mol. The summed E-state index contributed by atoms with van der Waals surface area (Å²) in [5.41, 5.74) is 9.03. The second kappa shape index (κ2) is 10.3. The Morgan fingerprint density at radius 3 is 2.50 bits per heavy atom. The molecule has 3 heterocycles. The first-order valence-corrected chi connectivity index (χ1v) is 12.8. The minimum Gasteiger partial charge on any atom is -0.330 e. The van der Waals surface area contributed by atoms with Crippen molar-refractivity contribution in [1.29, 1.82) is 0 Å². The summed E-state index contributed by atoms with van der Waals surface area (Å²) in [5.74, 6) is -1.61. The lowest BCUT2D eigenvalue weighted by molar-refractivity contribution is -0.136. The molecule has 3 N–H and O–H groups in total. The van der Waals surface area contributed by atoms with Crippen LogP contribution in [-0.4, -0.2) is 58.6 Å². The fourth-order valence-corrected chi connectivity index (χ4v) is 5.98. The van der Waals surface area contributed by atoms with Gasteiger partial charge in [0.1, 0.15) is 6.04 Å². The van der Waals surface area contributed by atoms with Gasteiger partial charge >= 0.3 is 0 Å². The van der Waals surface area contributed by atoms with Crippen LogP contribution in [-0.2, 0) is 22.6 Å². The molecule has 2 aromatic rings. The summed E-state index contributed by atoms with van der Waals surface area (Å²) in [6.45, 7) is 2.02. The van der Waals surface area contributed by atoms with E-state index in [1.807, 2.05) is 24.3 Å². The molecule has 0 saturated carbocycles. The Kier molecular flexibility index (Phi) is 6.98. The van der Waals surface area contributed by atoms with Gasteiger partial charge in [-0.3, -0.25) is 34.3 Å². The average molecular weight is 489 g/mol. The number of likely N-dealkylation sites (tertiary alicyclic amines) is 1. The lowest BCUT2D eigenvalue weighted by atomic mass is 9.85. The third-order valence-electron chi connectivity index (χ3n) is 7.78. The van der Waals surface area contributed by atoms with E-state index in [-0.39, 0.29) is 30.7 Å². The number of rotatable bonds is 7. The molecule has 188 valence electrons. The fraction of sp³-hybridized carbons (Fsp3) is 0.429. The van der Waals surface area contributed by atoms with E-state index in [4.69, 9.17) is 5.73 Å². The molecular formula is C28H32N4O4. The third kappa shape index (κ3) is 4.58. The van der Waals surface area contributed by atoms with Crippen LogP contribution < -0.4 is 11.1 Å². The maximum atomic E-state index is 13.5. The molecule has 3 unspecified atom stereocenters. The third-order valence-corrected chi connectivity index (χ3v) is 7.78. The van der Waals surface area contributed by atoms with Crippen molar-refractivity contribution in [3.05, 3.63) is 70.8 Å². The summed E-state index contributed by atoms with van der Waals surface area (Å²) in [5, 5.41) is 2.25. The number of imide groups is 2. The molecule has 0 bridgehead atoms. The van der Waals surface area contributed by atoms with Gasteiger partial charge in [-0.15, -0.1) is 0 Å². The Morgan fingerprint density at radius 1 is 0.944 bits per heavy atom. The number of carbonyl (C=O) groups is 4.